The fourth-order valence-electron chi connectivity index (χ4n) is 4.20. The van der Waals surface area contributed by atoms with Crippen LogP contribution in [0.3, 0.4) is 0 Å². The molecule has 1 aliphatic heterocycles. The van der Waals surface area contributed by atoms with Crippen LogP contribution in [-0.2, 0) is 13.1 Å². The van der Waals surface area contributed by atoms with E-state index < -0.39 is 0 Å². The molecule has 0 saturated carbocycles. The Hall–Kier alpha value is -2.49. The highest BCUT2D eigenvalue weighted by molar-refractivity contribution is 5.26. The van der Waals surface area contributed by atoms with Crippen molar-refractivity contribution in [2.75, 3.05) is 13.1 Å². The van der Waals surface area contributed by atoms with E-state index in [0.717, 1.165) is 38.2 Å². The van der Waals surface area contributed by atoms with Crippen molar-refractivity contribution in [3.8, 4) is 0 Å². The average Bonchev–Trinajstić information content (AvgIpc) is 2.73. The van der Waals surface area contributed by atoms with Gasteiger partial charge in [0, 0.05) is 26.2 Å². The maximum Gasteiger partial charge on any atom is 0.123 e. The molecule has 1 fully saturated rings. The van der Waals surface area contributed by atoms with Gasteiger partial charge in [0.05, 0.1) is 6.17 Å². The van der Waals surface area contributed by atoms with E-state index in [4.69, 9.17) is 0 Å². The van der Waals surface area contributed by atoms with Gasteiger partial charge in [0.1, 0.15) is 5.82 Å². The Morgan fingerprint density at radius 3 is 1.66 bits per heavy atom. The van der Waals surface area contributed by atoms with Crippen molar-refractivity contribution in [1.29, 1.82) is 0 Å². The van der Waals surface area contributed by atoms with Crippen LogP contribution in [0.1, 0.15) is 40.4 Å². The van der Waals surface area contributed by atoms with Crippen LogP contribution in [0, 0.1) is 19.7 Å². The van der Waals surface area contributed by atoms with Gasteiger partial charge in [-0.25, -0.2) is 4.39 Å². The molecule has 2 nitrogen and oxygen atoms in total. The second-order valence-electron chi connectivity index (χ2n) is 8.19. The highest BCUT2D eigenvalue weighted by Crippen LogP contribution is 2.32. The van der Waals surface area contributed by atoms with Gasteiger partial charge in [-0.05, 0) is 49.1 Å². The summed E-state index contributed by atoms with van der Waals surface area (Å²) in [6, 6.07) is 24.7. The van der Waals surface area contributed by atoms with E-state index in [-0.39, 0.29) is 12.0 Å². The van der Waals surface area contributed by atoms with Gasteiger partial charge in [0.15, 0.2) is 0 Å². The third-order valence-corrected chi connectivity index (χ3v) is 5.76. The summed E-state index contributed by atoms with van der Waals surface area (Å²) in [6.07, 6.45) is 1.35. The summed E-state index contributed by atoms with van der Waals surface area (Å²) in [5.74, 6) is -0.177. The van der Waals surface area contributed by atoms with Crippen molar-refractivity contribution >= 4 is 0 Å². The van der Waals surface area contributed by atoms with E-state index in [2.05, 4.69) is 72.2 Å². The molecule has 3 aromatic rings. The predicted molar refractivity (Wildman–Crippen MR) is 117 cm³/mol. The molecule has 0 radical (unpaired) electrons. The molecule has 3 heteroatoms. The van der Waals surface area contributed by atoms with Crippen molar-refractivity contribution in [1.82, 2.24) is 9.80 Å². The fraction of sp³-hybridized carbons (Fsp3) is 0.308. The molecule has 0 N–H and O–H groups in total. The van der Waals surface area contributed by atoms with Crippen LogP contribution in [0.4, 0.5) is 4.39 Å². The summed E-state index contributed by atoms with van der Waals surface area (Å²) in [7, 11) is 0. The highest BCUT2D eigenvalue weighted by atomic mass is 19.1. The number of hydrogen-bond donors (Lipinski definition) is 0. The van der Waals surface area contributed by atoms with Gasteiger partial charge in [-0.1, -0.05) is 71.8 Å². The van der Waals surface area contributed by atoms with Crippen molar-refractivity contribution in [3.63, 3.8) is 0 Å². The molecule has 3 aromatic carbocycles. The number of hydrogen-bond acceptors (Lipinski definition) is 2. The normalized spacial score (nSPS) is 18.1. The Morgan fingerprint density at radius 2 is 1.14 bits per heavy atom. The highest BCUT2D eigenvalue weighted by Gasteiger charge is 2.30. The molecular formula is C26H29FN2. The second kappa shape index (κ2) is 8.89. The van der Waals surface area contributed by atoms with Crippen LogP contribution in [-0.4, -0.2) is 22.9 Å². The van der Waals surface area contributed by atoms with Gasteiger partial charge in [-0.15, -0.1) is 0 Å². The predicted octanol–water partition coefficient (Wildman–Crippen LogP) is 5.85. The maximum absolute atomic E-state index is 13.4. The Balaban J connectivity index is 1.62. The lowest BCUT2D eigenvalue weighted by Crippen LogP contribution is -2.46. The molecule has 150 valence electrons. The molecular weight excluding hydrogens is 359 g/mol. The quantitative estimate of drug-likeness (QED) is 0.541. The molecule has 4 rings (SSSR count). The van der Waals surface area contributed by atoms with Gasteiger partial charge < -0.3 is 0 Å². The summed E-state index contributed by atoms with van der Waals surface area (Å²) in [5, 5.41) is 0. The molecule has 29 heavy (non-hydrogen) atoms. The number of aryl methyl sites for hydroxylation is 2. The average molecular weight is 389 g/mol. The molecule has 1 aliphatic rings. The Labute approximate surface area is 173 Å². The van der Waals surface area contributed by atoms with Gasteiger partial charge >= 0.3 is 0 Å². The van der Waals surface area contributed by atoms with Crippen LogP contribution in [0.15, 0.2) is 72.8 Å². The maximum atomic E-state index is 13.4. The zero-order valence-corrected chi connectivity index (χ0v) is 17.3. The Bertz CT molecular complexity index is 861. The SMILES string of the molecule is Cc1ccc(CN2CCCN(Cc3ccc(F)cc3)[C@@H]2c2ccc(C)cc2)cc1. The first-order valence-electron chi connectivity index (χ1n) is 10.4. The smallest absolute Gasteiger partial charge is 0.123 e. The Morgan fingerprint density at radius 1 is 0.690 bits per heavy atom. The minimum atomic E-state index is -0.177. The van der Waals surface area contributed by atoms with E-state index >= 15 is 0 Å². The van der Waals surface area contributed by atoms with Crippen molar-refractivity contribution < 1.29 is 4.39 Å². The lowest BCUT2D eigenvalue weighted by atomic mass is 10.0. The minimum Gasteiger partial charge on any atom is -0.280 e. The van der Waals surface area contributed by atoms with Crippen LogP contribution in [0.5, 0.6) is 0 Å². The van der Waals surface area contributed by atoms with E-state index in [1.165, 1.54) is 22.3 Å². The van der Waals surface area contributed by atoms with E-state index in [9.17, 15) is 4.39 Å². The van der Waals surface area contributed by atoms with Crippen molar-refractivity contribution in [3.05, 3.63) is 106 Å². The number of halogens is 1. The van der Waals surface area contributed by atoms with E-state index in [0.29, 0.717) is 0 Å². The molecule has 1 atom stereocenters. The molecule has 0 aromatic heterocycles. The lowest BCUT2D eigenvalue weighted by molar-refractivity contribution is -0.00910. The third kappa shape index (κ3) is 4.92. The van der Waals surface area contributed by atoms with Crippen LogP contribution >= 0.6 is 0 Å². The second-order valence-corrected chi connectivity index (χ2v) is 8.19. The third-order valence-electron chi connectivity index (χ3n) is 5.76. The number of benzene rings is 3. The number of rotatable bonds is 5. The summed E-state index contributed by atoms with van der Waals surface area (Å²) in [5.41, 5.74) is 6.39. The molecule has 1 heterocycles. The van der Waals surface area contributed by atoms with Gasteiger partial charge in [-0.2, -0.15) is 0 Å². The van der Waals surface area contributed by atoms with Crippen molar-refractivity contribution in [2.45, 2.75) is 39.5 Å². The number of nitrogens with zero attached hydrogens (tertiary/aromatic N) is 2. The van der Waals surface area contributed by atoms with Gasteiger partial charge in [-0.3, -0.25) is 9.80 Å². The summed E-state index contributed by atoms with van der Waals surface area (Å²) in [6.45, 7) is 8.13. The lowest BCUT2D eigenvalue weighted by Gasteiger charge is -2.44. The fourth-order valence-corrected chi connectivity index (χ4v) is 4.20. The Kier molecular flexibility index (Phi) is 6.08. The molecule has 0 bridgehead atoms. The largest absolute Gasteiger partial charge is 0.280 e. The zero-order chi connectivity index (χ0) is 20.2. The van der Waals surface area contributed by atoms with Gasteiger partial charge in [0.25, 0.3) is 0 Å². The standard InChI is InChI=1S/C26H29FN2/c1-20-4-8-22(9-5-20)18-28-16-3-17-29(19-23-10-14-25(27)15-11-23)26(28)24-12-6-21(2)7-13-24/h4-15,26H,3,16-19H2,1-2H3/t26-/m1/s1. The first-order chi connectivity index (χ1) is 14.1. The summed E-state index contributed by atoms with van der Waals surface area (Å²) < 4.78 is 13.4. The molecule has 0 unspecified atom stereocenters. The van der Waals surface area contributed by atoms with E-state index in [1.807, 2.05) is 12.1 Å². The first-order valence-corrected chi connectivity index (χ1v) is 10.4. The van der Waals surface area contributed by atoms with Crippen LogP contribution in [0.25, 0.3) is 0 Å². The van der Waals surface area contributed by atoms with Crippen LogP contribution in [0.2, 0.25) is 0 Å². The topological polar surface area (TPSA) is 6.48 Å². The van der Waals surface area contributed by atoms with Crippen LogP contribution < -0.4 is 0 Å². The first kappa shape index (κ1) is 19.8. The van der Waals surface area contributed by atoms with E-state index in [1.54, 1.807) is 12.1 Å². The molecule has 1 saturated heterocycles. The molecule has 0 spiro atoms. The summed E-state index contributed by atoms with van der Waals surface area (Å²) in [4.78, 5) is 5.10. The molecule has 0 amide bonds. The minimum absolute atomic E-state index is 0.177. The zero-order valence-electron chi connectivity index (χ0n) is 17.3. The van der Waals surface area contributed by atoms with Gasteiger partial charge in [0.2, 0.25) is 0 Å². The molecule has 0 aliphatic carbocycles. The monoisotopic (exact) mass is 388 g/mol. The van der Waals surface area contributed by atoms with Crippen molar-refractivity contribution in [2.24, 2.45) is 0 Å². The summed E-state index contributed by atoms with van der Waals surface area (Å²) >= 11 is 0.